The Morgan fingerprint density at radius 3 is 3.07 bits per heavy atom. The summed E-state index contributed by atoms with van der Waals surface area (Å²) in [6.45, 7) is 2.16. The number of hydrogen-bond donors (Lipinski definition) is 1. The van der Waals surface area contributed by atoms with Gasteiger partial charge in [0.05, 0.1) is 6.07 Å². The number of carbonyl (C=O) groups is 1. The van der Waals surface area contributed by atoms with Crippen molar-refractivity contribution >= 4 is 17.7 Å². The molecule has 78 valence electrons. The van der Waals surface area contributed by atoms with Gasteiger partial charge in [0.15, 0.2) is 0 Å². The molecule has 0 heterocycles. The van der Waals surface area contributed by atoms with E-state index in [1.54, 1.807) is 0 Å². The molecule has 0 aromatic carbocycles. The van der Waals surface area contributed by atoms with Crippen molar-refractivity contribution in [3.63, 3.8) is 0 Å². The number of nitrogens with zero attached hydrogens (tertiary/aromatic N) is 1. The predicted octanol–water partition coefficient (Wildman–Crippen LogP) is 1.69. The summed E-state index contributed by atoms with van der Waals surface area (Å²) in [4.78, 5) is 11.1. The molecule has 4 heteroatoms. The molecular formula is C10H16N2OS. The average Bonchev–Trinajstić information content (AvgIpc) is 2.53. The lowest BCUT2D eigenvalue weighted by Crippen LogP contribution is -2.32. The highest BCUT2D eigenvalue weighted by Crippen LogP contribution is 2.29. The summed E-state index contributed by atoms with van der Waals surface area (Å²) in [6, 6.07) is 2.17. The lowest BCUT2D eigenvalue weighted by molar-refractivity contribution is -0.120. The van der Waals surface area contributed by atoms with Gasteiger partial charge in [-0.25, -0.2) is 0 Å². The maximum absolute atomic E-state index is 11.1. The molecule has 1 saturated carbocycles. The summed E-state index contributed by atoms with van der Waals surface area (Å²) < 4.78 is 0. The summed E-state index contributed by atoms with van der Waals surface area (Å²) >= 11 is 1.97. The highest BCUT2D eigenvalue weighted by Gasteiger charge is 2.25. The first-order chi connectivity index (χ1) is 6.76. The van der Waals surface area contributed by atoms with E-state index in [0.717, 1.165) is 18.6 Å². The number of hydrogen-bond acceptors (Lipinski definition) is 3. The highest BCUT2D eigenvalue weighted by molar-refractivity contribution is 7.99. The van der Waals surface area contributed by atoms with E-state index in [1.165, 1.54) is 6.42 Å². The molecular weight excluding hydrogens is 196 g/mol. The Balaban J connectivity index is 2.22. The fraction of sp³-hybridized carbons (Fsp3) is 0.800. The van der Waals surface area contributed by atoms with Gasteiger partial charge < -0.3 is 5.32 Å². The fourth-order valence-corrected chi connectivity index (χ4v) is 2.95. The molecule has 0 aliphatic heterocycles. The second kappa shape index (κ2) is 5.92. The van der Waals surface area contributed by atoms with Crippen molar-refractivity contribution in [3.8, 4) is 6.07 Å². The Kier molecular flexibility index (Phi) is 4.81. The average molecular weight is 212 g/mol. The van der Waals surface area contributed by atoms with E-state index in [2.05, 4.69) is 12.2 Å². The van der Waals surface area contributed by atoms with Crippen LogP contribution in [-0.2, 0) is 4.79 Å². The predicted molar refractivity (Wildman–Crippen MR) is 57.9 cm³/mol. The topological polar surface area (TPSA) is 52.9 Å². The van der Waals surface area contributed by atoms with E-state index >= 15 is 0 Å². The third kappa shape index (κ3) is 3.59. The highest BCUT2D eigenvalue weighted by atomic mass is 32.2. The summed E-state index contributed by atoms with van der Waals surface area (Å²) in [5, 5.41) is 11.9. The van der Waals surface area contributed by atoms with Crippen LogP contribution in [-0.4, -0.2) is 23.0 Å². The molecule has 1 aliphatic carbocycles. The summed E-state index contributed by atoms with van der Waals surface area (Å²) in [5.41, 5.74) is 0. The van der Waals surface area contributed by atoms with Gasteiger partial charge in [0.1, 0.15) is 6.42 Å². The van der Waals surface area contributed by atoms with Crippen molar-refractivity contribution < 1.29 is 4.79 Å². The van der Waals surface area contributed by atoms with Gasteiger partial charge in [-0.15, -0.1) is 0 Å². The van der Waals surface area contributed by atoms with E-state index in [1.807, 2.05) is 17.8 Å². The van der Waals surface area contributed by atoms with Crippen molar-refractivity contribution in [1.82, 2.24) is 5.32 Å². The quantitative estimate of drug-likeness (QED) is 0.771. The normalized spacial score (nSPS) is 25.7. The van der Waals surface area contributed by atoms with E-state index < -0.39 is 0 Å². The minimum atomic E-state index is -0.125. The van der Waals surface area contributed by atoms with Crippen molar-refractivity contribution in [1.29, 1.82) is 5.26 Å². The van der Waals surface area contributed by atoms with Crippen LogP contribution in [0.1, 0.15) is 32.6 Å². The number of nitrogens with one attached hydrogen (secondary N) is 1. The van der Waals surface area contributed by atoms with Crippen LogP contribution in [0.5, 0.6) is 0 Å². The smallest absolute Gasteiger partial charge is 0.234 e. The van der Waals surface area contributed by atoms with Gasteiger partial charge >= 0.3 is 0 Å². The molecule has 0 radical (unpaired) electrons. The number of amides is 1. The van der Waals surface area contributed by atoms with E-state index in [0.29, 0.717) is 11.3 Å². The number of carbonyl (C=O) groups excluding carboxylic acids is 1. The van der Waals surface area contributed by atoms with Gasteiger partial charge in [-0.3, -0.25) is 4.79 Å². The molecule has 1 fully saturated rings. The lowest BCUT2D eigenvalue weighted by atomic mass is 10.2. The molecule has 1 amide bonds. The zero-order chi connectivity index (χ0) is 10.4. The van der Waals surface area contributed by atoms with Crippen LogP contribution in [0.15, 0.2) is 0 Å². The van der Waals surface area contributed by atoms with Gasteiger partial charge in [-0.1, -0.05) is 6.92 Å². The number of thioether (sulfide) groups is 1. The van der Waals surface area contributed by atoms with E-state index in [9.17, 15) is 4.79 Å². The third-order valence-corrected chi connectivity index (χ3v) is 3.62. The Morgan fingerprint density at radius 2 is 2.43 bits per heavy atom. The third-order valence-electron chi connectivity index (χ3n) is 2.39. The van der Waals surface area contributed by atoms with E-state index in [-0.39, 0.29) is 12.3 Å². The molecule has 0 aromatic heterocycles. The Labute approximate surface area is 89.2 Å². The minimum Gasteiger partial charge on any atom is -0.352 e. The van der Waals surface area contributed by atoms with Crippen LogP contribution < -0.4 is 5.32 Å². The molecule has 3 nitrogen and oxygen atoms in total. The zero-order valence-electron chi connectivity index (χ0n) is 8.45. The maximum Gasteiger partial charge on any atom is 0.234 e. The minimum absolute atomic E-state index is 0.0118. The summed E-state index contributed by atoms with van der Waals surface area (Å²) in [5.74, 6) is 1.02. The standard InChI is InChI=1S/C10H16N2OS/c1-2-14-9-4-3-8(7-9)12-10(13)5-6-11/h8-9H,2-5,7H2,1H3,(H,12,13). The van der Waals surface area contributed by atoms with Crippen molar-refractivity contribution in [2.45, 2.75) is 43.9 Å². The van der Waals surface area contributed by atoms with Crippen LogP contribution >= 0.6 is 11.8 Å². The molecule has 1 N–H and O–H groups in total. The first-order valence-corrected chi connectivity index (χ1v) is 6.09. The van der Waals surface area contributed by atoms with Gasteiger partial charge in [0.25, 0.3) is 0 Å². The summed E-state index contributed by atoms with van der Waals surface area (Å²) in [6.07, 6.45) is 3.31. The molecule has 2 atom stereocenters. The van der Waals surface area contributed by atoms with Gasteiger partial charge in [0.2, 0.25) is 5.91 Å². The number of rotatable bonds is 4. The molecule has 0 aromatic rings. The van der Waals surface area contributed by atoms with Crippen LogP contribution in [0.2, 0.25) is 0 Å². The number of nitriles is 1. The molecule has 0 saturated heterocycles. The first-order valence-electron chi connectivity index (χ1n) is 5.04. The van der Waals surface area contributed by atoms with Crippen LogP contribution in [0.4, 0.5) is 0 Å². The van der Waals surface area contributed by atoms with Gasteiger partial charge in [-0.05, 0) is 25.0 Å². The molecule has 0 spiro atoms. The zero-order valence-corrected chi connectivity index (χ0v) is 9.27. The van der Waals surface area contributed by atoms with Crippen molar-refractivity contribution in [3.05, 3.63) is 0 Å². The van der Waals surface area contributed by atoms with Crippen molar-refractivity contribution in [2.24, 2.45) is 0 Å². The van der Waals surface area contributed by atoms with Gasteiger partial charge in [-0.2, -0.15) is 17.0 Å². The first kappa shape index (κ1) is 11.4. The summed E-state index contributed by atoms with van der Waals surface area (Å²) in [7, 11) is 0. The second-order valence-electron chi connectivity index (χ2n) is 3.49. The second-order valence-corrected chi connectivity index (χ2v) is 5.07. The molecule has 1 rings (SSSR count). The maximum atomic E-state index is 11.1. The lowest BCUT2D eigenvalue weighted by Gasteiger charge is -2.11. The Hall–Kier alpha value is -0.690. The van der Waals surface area contributed by atoms with Gasteiger partial charge in [0, 0.05) is 11.3 Å². The van der Waals surface area contributed by atoms with Crippen LogP contribution in [0.3, 0.4) is 0 Å². The molecule has 1 aliphatic rings. The fourth-order valence-electron chi connectivity index (χ4n) is 1.81. The SMILES string of the molecule is CCSC1CCC(NC(=O)CC#N)C1. The van der Waals surface area contributed by atoms with E-state index in [4.69, 9.17) is 5.26 Å². The Bertz CT molecular complexity index is 237. The largest absolute Gasteiger partial charge is 0.352 e. The van der Waals surface area contributed by atoms with Crippen LogP contribution in [0.25, 0.3) is 0 Å². The van der Waals surface area contributed by atoms with Crippen molar-refractivity contribution in [2.75, 3.05) is 5.75 Å². The molecule has 14 heavy (non-hydrogen) atoms. The Morgan fingerprint density at radius 1 is 1.64 bits per heavy atom. The molecule has 0 bridgehead atoms. The van der Waals surface area contributed by atoms with Crippen LogP contribution in [0, 0.1) is 11.3 Å². The molecule has 2 unspecified atom stereocenters. The monoisotopic (exact) mass is 212 g/mol.